The molecule has 0 spiro atoms. The third-order valence-electron chi connectivity index (χ3n) is 3.73. The molecule has 0 unspecified atom stereocenters. The van der Waals surface area contributed by atoms with E-state index in [0.717, 1.165) is 17.9 Å². The lowest BCUT2D eigenvalue weighted by Crippen LogP contribution is -2.50. The number of rotatable bonds is 8. The van der Waals surface area contributed by atoms with Crippen LogP contribution in [0.4, 0.5) is 23.2 Å². The van der Waals surface area contributed by atoms with Crippen LogP contribution in [0.3, 0.4) is 0 Å². The van der Waals surface area contributed by atoms with E-state index in [1.807, 2.05) is 0 Å². The molecule has 1 aromatic carbocycles. The topological polar surface area (TPSA) is 78.5 Å². The Morgan fingerprint density at radius 2 is 1.90 bits per heavy atom. The average molecular weight is 458 g/mol. The minimum atomic E-state index is -4.67. The van der Waals surface area contributed by atoms with Crippen molar-refractivity contribution in [2.75, 3.05) is 24.2 Å². The van der Waals surface area contributed by atoms with Crippen molar-refractivity contribution >= 4 is 47.6 Å². The molecule has 29 heavy (non-hydrogen) atoms. The second kappa shape index (κ2) is 11.2. The summed E-state index contributed by atoms with van der Waals surface area (Å²) >= 11 is 9.58. The van der Waals surface area contributed by atoms with Gasteiger partial charge in [-0.05, 0) is 31.5 Å². The number of carbonyl (C=O) groups excluding carboxylic acids is 3. The summed E-state index contributed by atoms with van der Waals surface area (Å²) in [6.07, 6.45) is -4.58. The Morgan fingerprint density at radius 3 is 2.45 bits per heavy atom. The number of nitrogens with zero attached hydrogens (tertiary/aromatic N) is 1. The molecular weight excluding hydrogens is 438 g/mol. The first-order valence-corrected chi connectivity index (χ1v) is 9.49. The van der Waals surface area contributed by atoms with Gasteiger partial charge in [-0.1, -0.05) is 11.6 Å². The molecule has 3 amide bonds. The summed E-state index contributed by atoms with van der Waals surface area (Å²) in [5.74, 6) is -3.43. The van der Waals surface area contributed by atoms with Gasteiger partial charge < -0.3 is 15.5 Å². The van der Waals surface area contributed by atoms with Crippen molar-refractivity contribution in [3.8, 4) is 0 Å². The SMILES string of the molecule is C[C@H](NC(=O)C(=O)N(CCS)CCCC(=O)Nc1ccc(F)c(Cl)c1)C(F)(F)F. The Bertz CT molecular complexity index is 749. The summed E-state index contributed by atoms with van der Waals surface area (Å²) in [6.45, 7) is 0.704. The number of carbonyl (C=O) groups is 3. The van der Waals surface area contributed by atoms with Crippen LogP contribution in [0, 0.1) is 5.82 Å². The van der Waals surface area contributed by atoms with Gasteiger partial charge in [0, 0.05) is 31.0 Å². The maximum atomic E-state index is 13.1. The summed E-state index contributed by atoms with van der Waals surface area (Å²) < 4.78 is 50.6. The molecule has 1 rings (SSSR count). The second-order valence-electron chi connectivity index (χ2n) is 6.03. The number of anilines is 1. The first kappa shape index (κ1) is 25.0. The van der Waals surface area contributed by atoms with Crippen LogP contribution < -0.4 is 10.6 Å². The molecule has 0 fully saturated rings. The number of hydrogen-bond acceptors (Lipinski definition) is 4. The molecule has 6 nitrogen and oxygen atoms in total. The van der Waals surface area contributed by atoms with E-state index in [0.29, 0.717) is 0 Å². The molecule has 0 saturated heterocycles. The summed E-state index contributed by atoms with van der Waals surface area (Å²) in [5.41, 5.74) is 0.283. The monoisotopic (exact) mass is 457 g/mol. The van der Waals surface area contributed by atoms with Gasteiger partial charge in [-0.15, -0.1) is 0 Å². The lowest BCUT2D eigenvalue weighted by atomic mass is 10.2. The third-order valence-corrected chi connectivity index (χ3v) is 4.21. The summed E-state index contributed by atoms with van der Waals surface area (Å²) in [7, 11) is 0. The molecule has 0 bridgehead atoms. The molecule has 2 N–H and O–H groups in total. The number of halogens is 5. The maximum Gasteiger partial charge on any atom is 0.408 e. The van der Waals surface area contributed by atoms with Crippen molar-refractivity contribution in [3.05, 3.63) is 29.0 Å². The molecule has 1 aromatic rings. The first-order valence-electron chi connectivity index (χ1n) is 8.48. The highest BCUT2D eigenvalue weighted by atomic mass is 35.5. The summed E-state index contributed by atoms with van der Waals surface area (Å²) in [5, 5.41) is 3.94. The van der Waals surface area contributed by atoms with E-state index in [4.69, 9.17) is 11.6 Å². The van der Waals surface area contributed by atoms with E-state index in [-0.39, 0.29) is 42.4 Å². The zero-order valence-electron chi connectivity index (χ0n) is 15.4. The molecule has 0 aromatic heterocycles. The van der Waals surface area contributed by atoms with Gasteiger partial charge in [-0.3, -0.25) is 14.4 Å². The predicted octanol–water partition coefficient (Wildman–Crippen LogP) is 3.02. The van der Waals surface area contributed by atoms with Gasteiger partial charge in [0.25, 0.3) is 0 Å². The first-order chi connectivity index (χ1) is 13.5. The highest BCUT2D eigenvalue weighted by Crippen LogP contribution is 2.20. The number of hydrogen-bond donors (Lipinski definition) is 3. The Morgan fingerprint density at radius 1 is 1.24 bits per heavy atom. The number of amides is 3. The van der Waals surface area contributed by atoms with Crippen LogP contribution in [0.5, 0.6) is 0 Å². The van der Waals surface area contributed by atoms with Gasteiger partial charge >= 0.3 is 18.0 Å². The smallest absolute Gasteiger partial charge is 0.336 e. The van der Waals surface area contributed by atoms with Crippen LogP contribution in [0.1, 0.15) is 19.8 Å². The Balaban J connectivity index is 2.56. The number of benzene rings is 1. The van der Waals surface area contributed by atoms with E-state index in [2.05, 4.69) is 17.9 Å². The van der Waals surface area contributed by atoms with Crippen molar-refractivity contribution in [2.24, 2.45) is 0 Å². The molecule has 162 valence electrons. The lowest BCUT2D eigenvalue weighted by molar-refractivity contribution is -0.162. The van der Waals surface area contributed by atoms with Gasteiger partial charge in [-0.2, -0.15) is 25.8 Å². The van der Waals surface area contributed by atoms with Crippen LogP contribution in [0.25, 0.3) is 0 Å². The average Bonchev–Trinajstić information content (AvgIpc) is 2.62. The minimum absolute atomic E-state index is 0.0188. The standard InChI is InChI=1S/C17H20ClF4N3O3S/c1-10(17(20,21)22)23-15(27)16(28)25(7-8-29)6-2-3-14(26)24-11-4-5-13(19)12(18)9-11/h4-5,9-10,29H,2-3,6-8H2,1H3,(H,23,27)(H,24,26)/t10-/m0/s1. The minimum Gasteiger partial charge on any atom is -0.336 e. The number of thiol groups is 1. The zero-order chi connectivity index (χ0) is 22.2. The van der Waals surface area contributed by atoms with Crippen molar-refractivity contribution in [2.45, 2.75) is 32.0 Å². The largest absolute Gasteiger partial charge is 0.408 e. The quantitative estimate of drug-likeness (QED) is 0.319. The van der Waals surface area contributed by atoms with E-state index >= 15 is 0 Å². The van der Waals surface area contributed by atoms with Crippen molar-refractivity contribution < 1.29 is 31.9 Å². The molecule has 0 heterocycles. The maximum absolute atomic E-state index is 13.1. The summed E-state index contributed by atoms with van der Waals surface area (Å²) in [6, 6.07) is 1.47. The fourth-order valence-electron chi connectivity index (χ4n) is 2.15. The van der Waals surface area contributed by atoms with Crippen molar-refractivity contribution in [1.82, 2.24) is 10.2 Å². The zero-order valence-corrected chi connectivity index (χ0v) is 17.0. The second-order valence-corrected chi connectivity index (χ2v) is 6.89. The normalized spacial score (nSPS) is 12.2. The molecule has 0 aliphatic heterocycles. The third kappa shape index (κ3) is 8.48. The Kier molecular flexibility index (Phi) is 9.71. The number of alkyl halides is 3. The van der Waals surface area contributed by atoms with Crippen LogP contribution in [-0.4, -0.2) is 53.7 Å². The fraction of sp³-hybridized carbons (Fsp3) is 0.471. The van der Waals surface area contributed by atoms with Crippen LogP contribution in [0.2, 0.25) is 5.02 Å². The van der Waals surface area contributed by atoms with Crippen LogP contribution in [-0.2, 0) is 14.4 Å². The van der Waals surface area contributed by atoms with Gasteiger partial charge in [-0.25, -0.2) is 4.39 Å². The van der Waals surface area contributed by atoms with E-state index in [9.17, 15) is 31.9 Å². The van der Waals surface area contributed by atoms with Crippen molar-refractivity contribution in [3.63, 3.8) is 0 Å². The molecule has 12 heteroatoms. The molecule has 1 atom stereocenters. The molecule has 0 aliphatic carbocycles. The Labute approximate surface area is 175 Å². The van der Waals surface area contributed by atoms with Gasteiger partial charge in [0.2, 0.25) is 5.91 Å². The summed E-state index contributed by atoms with van der Waals surface area (Å²) in [4.78, 5) is 36.8. The fourth-order valence-corrected chi connectivity index (χ4v) is 2.57. The lowest BCUT2D eigenvalue weighted by Gasteiger charge is -2.23. The highest BCUT2D eigenvalue weighted by Gasteiger charge is 2.38. The molecule has 0 aliphatic rings. The molecular formula is C17H20ClF4N3O3S. The molecule has 0 saturated carbocycles. The highest BCUT2D eigenvalue weighted by molar-refractivity contribution is 7.80. The van der Waals surface area contributed by atoms with Gasteiger partial charge in [0.05, 0.1) is 5.02 Å². The van der Waals surface area contributed by atoms with Crippen LogP contribution in [0.15, 0.2) is 18.2 Å². The van der Waals surface area contributed by atoms with E-state index in [1.165, 1.54) is 12.1 Å². The van der Waals surface area contributed by atoms with E-state index in [1.54, 1.807) is 5.32 Å². The molecule has 0 radical (unpaired) electrons. The van der Waals surface area contributed by atoms with Gasteiger partial charge in [0.1, 0.15) is 11.9 Å². The van der Waals surface area contributed by atoms with E-state index < -0.39 is 35.8 Å². The number of nitrogens with one attached hydrogen (secondary N) is 2. The van der Waals surface area contributed by atoms with Gasteiger partial charge in [0.15, 0.2) is 0 Å². The Hall–Kier alpha value is -2.01. The predicted molar refractivity (Wildman–Crippen MR) is 103 cm³/mol. The van der Waals surface area contributed by atoms with Crippen molar-refractivity contribution in [1.29, 1.82) is 0 Å². The van der Waals surface area contributed by atoms with Crippen LogP contribution >= 0.6 is 24.2 Å².